The molecule has 1 aliphatic rings. The molecule has 26 heavy (non-hydrogen) atoms. The van der Waals surface area contributed by atoms with Gasteiger partial charge in [-0.3, -0.25) is 4.99 Å². The van der Waals surface area contributed by atoms with Crippen LogP contribution in [0.25, 0.3) is 0 Å². The zero-order valence-electron chi connectivity index (χ0n) is 13.8. The number of thiazole rings is 1. The fourth-order valence-electron chi connectivity index (χ4n) is 2.57. The summed E-state index contributed by atoms with van der Waals surface area (Å²) < 4.78 is 31.9. The van der Waals surface area contributed by atoms with Crippen molar-refractivity contribution >= 4 is 34.7 Å². The van der Waals surface area contributed by atoms with Crippen molar-refractivity contribution in [3.8, 4) is 0 Å². The molecule has 1 aromatic carbocycles. The zero-order chi connectivity index (χ0) is 18.8. The first kappa shape index (κ1) is 18.5. The number of aromatic nitrogens is 1. The molecule has 9 heteroatoms. The van der Waals surface area contributed by atoms with Crippen molar-refractivity contribution in [3.63, 3.8) is 0 Å². The van der Waals surface area contributed by atoms with Gasteiger partial charge in [0.1, 0.15) is 11.9 Å². The predicted molar refractivity (Wildman–Crippen MR) is 95.2 cm³/mol. The Morgan fingerprint density at radius 2 is 2.19 bits per heavy atom. The molecule has 0 spiro atoms. The molecule has 1 aliphatic heterocycles. The fraction of sp³-hybridized carbons (Fsp3) is 0.235. The van der Waals surface area contributed by atoms with Crippen LogP contribution >= 0.6 is 22.9 Å². The zero-order valence-corrected chi connectivity index (χ0v) is 15.4. The summed E-state index contributed by atoms with van der Waals surface area (Å²) in [6.07, 6.45) is 1.09. The van der Waals surface area contributed by atoms with Crippen LogP contribution in [0.15, 0.2) is 40.7 Å². The lowest BCUT2D eigenvalue weighted by atomic mass is 9.96. The van der Waals surface area contributed by atoms with Crippen molar-refractivity contribution in [2.75, 3.05) is 6.61 Å². The summed E-state index contributed by atoms with van der Waals surface area (Å²) in [4.78, 5) is 20.9. The van der Waals surface area contributed by atoms with Crippen molar-refractivity contribution < 1.29 is 18.3 Å². The van der Waals surface area contributed by atoms with Crippen LogP contribution in [0.2, 0.25) is 5.02 Å². The first-order chi connectivity index (χ1) is 12.4. The number of esters is 1. The monoisotopic (exact) mass is 397 g/mol. The van der Waals surface area contributed by atoms with E-state index in [0.717, 1.165) is 23.6 Å². The van der Waals surface area contributed by atoms with E-state index in [9.17, 15) is 13.6 Å². The Bertz CT molecular complexity index is 926. The third kappa shape index (κ3) is 3.61. The average molecular weight is 398 g/mol. The van der Waals surface area contributed by atoms with Crippen LogP contribution in [0, 0.1) is 10.9 Å². The molecule has 0 aliphatic carbocycles. The molecule has 0 saturated heterocycles. The number of amidine groups is 1. The number of ether oxygens (including phenoxy) is 1. The number of hydrogen-bond acceptors (Lipinski definition) is 6. The maximum Gasteiger partial charge on any atom is 0.338 e. The van der Waals surface area contributed by atoms with Crippen LogP contribution in [0.4, 0.5) is 8.78 Å². The molecule has 0 radical (unpaired) electrons. The number of carbonyl (C=O) groups is 1. The number of rotatable bonds is 4. The van der Waals surface area contributed by atoms with E-state index >= 15 is 0 Å². The molecule has 5 nitrogen and oxygen atoms in total. The summed E-state index contributed by atoms with van der Waals surface area (Å²) in [5, 5.41) is 2.95. The Morgan fingerprint density at radius 1 is 1.42 bits per heavy atom. The molecule has 0 bridgehead atoms. The number of nitrogens with zero attached hydrogens (tertiary/aromatic N) is 2. The predicted octanol–water partition coefficient (Wildman–Crippen LogP) is 4.00. The van der Waals surface area contributed by atoms with Gasteiger partial charge in [0.2, 0.25) is 0 Å². The molecule has 0 saturated carbocycles. The van der Waals surface area contributed by atoms with E-state index in [4.69, 9.17) is 16.3 Å². The molecule has 3 rings (SSSR count). The molecule has 1 N–H and O–H groups in total. The largest absolute Gasteiger partial charge is 0.463 e. The SMILES string of the molecule is CCOC(=O)C1=C(C)NC(c2ncc(F)s2)=NC1c1ccc(F)cc1Cl. The number of benzene rings is 1. The highest BCUT2D eigenvalue weighted by molar-refractivity contribution is 7.12. The minimum absolute atomic E-state index is 0.125. The van der Waals surface area contributed by atoms with Crippen molar-refractivity contribution in [2.24, 2.45) is 4.99 Å². The van der Waals surface area contributed by atoms with Gasteiger partial charge in [-0.15, -0.1) is 0 Å². The first-order valence-corrected chi connectivity index (χ1v) is 8.89. The third-order valence-electron chi connectivity index (χ3n) is 3.67. The van der Waals surface area contributed by atoms with Gasteiger partial charge < -0.3 is 10.1 Å². The second-order valence-corrected chi connectivity index (χ2v) is 6.79. The smallest absolute Gasteiger partial charge is 0.338 e. The van der Waals surface area contributed by atoms with E-state index in [-0.39, 0.29) is 17.2 Å². The van der Waals surface area contributed by atoms with Gasteiger partial charge in [0, 0.05) is 16.3 Å². The van der Waals surface area contributed by atoms with Gasteiger partial charge in [0.05, 0.1) is 18.4 Å². The first-order valence-electron chi connectivity index (χ1n) is 7.70. The van der Waals surface area contributed by atoms with E-state index in [1.54, 1.807) is 13.8 Å². The summed E-state index contributed by atoms with van der Waals surface area (Å²) in [7, 11) is 0. The van der Waals surface area contributed by atoms with Crippen LogP contribution in [0.1, 0.15) is 30.5 Å². The van der Waals surface area contributed by atoms with Crippen molar-refractivity contribution in [1.82, 2.24) is 10.3 Å². The van der Waals surface area contributed by atoms with Gasteiger partial charge in [-0.1, -0.05) is 29.0 Å². The van der Waals surface area contributed by atoms with Crippen molar-refractivity contribution in [2.45, 2.75) is 19.9 Å². The lowest BCUT2D eigenvalue weighted by Gasteiger charge is -2.26. The van der Waals surface area contributed by atoms with E-state index in [2.05, 4.69) is 15.3 Å². The number of aliphatic imine (C=N–C) groups is 1. The molecule has 1 atom stereocenters. The van der Waals surface area contributed by atoms with Crippen LogP contribution < -0.4 is 5.32 Å². The number of carbonyl (C=O) groups excluding carboxylic acids is 1. The summed E-state index contributed by atoms with van der Waals surface area (Å²) in [6, 6.07) is 3.02. The highest BCUT2D eigenvalue weighted by Crippen LogP contribution is 2.36. The lowest BCUT2D eigenvalue weighted by Crippen LogP contribution is -2.32. The summed E-state index contributed by atoms with van der Waals surface area (Å²) in [6.45, 7) is 3.56. The molecular weight excluding hydrogens is 384 g/mol. The summed E-state index contributed by atoms with van der Waals surface area (Å²) in [5.41, 5.74) is 1.17. The highest BCUT2D eigenvalue weighted by atomic mass is 35.5. The van der Waals surface area contributed by atoms with Gasteiger partial charge >= 0.3 is 5.97 Å². The van der Waals surface area contributed by atoms with Crippen LogP contribution in [0.3, 0.4) is 0 Å². The average Bonchev–Trinajstić information content (AvgIpc) is 3.01. The Balaban J connectivity index is 2.12. The van der Waals surface area contributed by atoms with Gasteiger partial charge in [-0.25, -0.2) is 14.2 Å². The van der Waals surface area contributed by atoms with Gasteiger partial charge in [-0.05, 0) is 26.0 Å². The van der Waals surface area contributed by atoms with Gasteiger partial charge in [-0.2, -0.15) is 4.39 Å². The molecule has 0 fully saturated rings. The standard InChI is InChI=1S/C17H14ClF2N3O2S/c1-3-25-17(24)13-8(2)22-15(16-21-7-12(20)26-16)23-14(13)10-5-4-9(19)6-11(10)18/h4-7,14H,3H2,1-2H3,(H,22,23). The Labute approximate surface area is 157 Å². The van der Waals surface area contributed by atoms with Gasteiger partial charge in [0.25, 0.3) is 0 Å². The van der Waals surface area contributed by atoms with E-state index in [1.165, 1.54) is 12.1 Å². The van der Waals surface area contributed by atoms with E-state index in [0.29, 0.717) is 22.1 Å². The number of hydrogen-bond donors (Lipinski definition) is 1. The number of nitrogens with one attached hydrogen (secondary N) is 1. The van der Waals surface area contributed by atoms with Crippen LogP contribution in [-0.2, 0) is 9.53 Å². The molecule has 1 unspecified atom stereocenters. The number of allylic oxidation sites excluding steroid dienone is 1. The van der Waals surface area contributed by atoms with Crippen LogP contribution in [-0.4, -0.2) is 23.4 Å². The molecule has 0 amide bonds. The fourth-order valence-corrected chi connectivity index (χ4v) is 3.44. The summed E-state index contributed by atoms with van der Waals surface area (Å²) >= 11 is 7.00. The minimum atomic E-state index is -0.828. The molecule has 2 aromatic rings. The molecule has 1 aromatic heterocycles. The molecular formula is C17H14ClF2N3O2S. The quantitative estimate of drug-likeness (QED) is 0.792. The maximum absolute atomic E-state index is 13.4. The summed E-state index contributed by atoms with van der Waals surface area (Å²) in [5.74, 6) is -0.761. The normalized spacial score (nSPS) is 17.0. The Morgan fingerprint density at radius 3 is 2.81 bits per heavy atom. The third-order valence-corrected chi connectivity index (χ3v) is 4.79. The Hall–Kier alpha value is -2.32. The second-order valence-electron chi connectivity index (χ2n) is 5.40. The topological polar surface area (TPSA) is 63.6 Å². The lowest BCUT2D eigenvalue weighted by molar-refractivity contribution is -0.138. The van der Waals surface area contributed by atoms with E-state index in [1.807, 2.05) is 0 Å². The van der Waals surface area contributed by atoms with Crippen LogP contribution in [0.5, 0.6) is 0 Å². The van der Waals surface area contributed by atoms with E-state index < -0.39 is 23.0 Å². The molecule has 136 valence electrons. The molecule has 2 heterocycles. The van der Waals surface area contributed by atoms with Gasteiger partial charge in [0.15, 0.2) is 16.0 Å². The minimum Gasteiger partial charge on any atom is -0.463 e. The second kappa shape index (κ2) is 7.51. The van der Waals surface area contributed by atoms with Crippen molar-refractivity contribution in [3.05, 3.63) is 62.2 Å². The highest BCUT2D eigenvalue weighted by Gasteiger charge is 2.32. The van der Waals surface area contributed by atoms with Crippen molar-refractivity contribution in [1.29, 1.82) is 0 Å². The maximum atomic E-state index is 13.4. The Kier molecular flexibility index (Phi) is 5.33. The number of halogens is 3.